The number of rotatable bonds is 1. The Morgan fingerprint density at radius 3 is 3.08 bits per heavy atom. The van der Waals surface area contributed by atoms with Gasteiger partial charge in [0.15, 0.2) is 0 Å². The van der Waals surface area contributed by atoms with Crippen molar-refractivity contribution < 1.29 is 5.11 Å². The van der Waals surface area contributed by atoms with Crippen molar-refractivity contribution in [1.82, 2.24) is 20.1 Å². The van der Waals surface area contributed by atoms with Crippen molar-refractivity contribution in [3.63, 3.8) is 0 Å². The third-order valence-electron chi connectivity index (χ3n) is 2.17. The second-order valence-corrected chi connectivity index (χ2v) is 3.15. The summed E-state index contributed by atoms with van der Waals surface area (Å²) in [4.78, 5) is 0. The maximum atomic E-state index is 9.27. The number of aliphatic hydroxyl groups excluding tert-OH is 1. The van der Waals surface area contributed by atoms with Gasteiger partial charge in [-0.3, -0.25) is 0 Å². The lowest BCUT2D eigenvalue weighted by atomic mass is 10.2. The van der Waals surface area contributed by atoms with Crippen molar-refractivity contribution in [3.8, 4) is 0 Å². The molecule has 5 heteroatoms. The Bertz CT molecular complexity index is 272. The lowest BCUT2D eigenvalue weighted by Crippen LogP contribution is -2.17. The molecule has 1 aliphatic heterocycles. The van der Waals surface area contributed by atoms with Crippen LogP contribution >= 0.6 is 0 Å². The summed E-state index contributed by atoms with van der Waals surface area (Å²) in [5.74, 6) is 0.895. The van der Waals surface area contributed by atoms with Crippen molar-refractivity contribution in [2.75, 3.05) is 6.54 Å². The summed E-state index contributed by atoms with van der Waals surface area (Å²) < 4.78 is 1.87. The summed E-state index contributed by atoms with van der Waals surface area (Å²) in [6.07, 6.45) is 2.15. The first kappa shape index (κ1) is 7.70. The minimum Gasteiger partial charge on any atom is -0.392 e. The van der Waals surface area contributed by atoms with Crippen LogP contribution in [0, 0.1) is 0 Å². The van der Waals surface area contributed by atoms with E-state index in [2.05, 4.69) is 15.5 Å². The monoisotopic (exact) mass is 168 g/mol. The number of aliphatic hydroxyl groups is 1. The number of β-amino-alcohol motifs (C(OH)–C–C–N with tert-alkyl or cyclic N) is 1. The molecule has 1 aliphatic rings. The molecule has 0 aliphatic carbocycles. The topological polar surface area (TPSA) is 63.0 Å². The molecular formula is C7H12N4O. The van der Waals surface area contributed by atoms with E-state index in [-0.39, 0.29) is 12.1 Å². The van der Waals surface area contributed by atoms with Gasteiger partial charge in [-0.15, -0.1) is 10.2 Å². The normalized spacial score (nSPS) is 29.5. The number of aromatic nitrogens is 3. The highest BCUT2D eigenvalue weighted by Crippen LogP contribution is 2.20. The molecule has 5 nitrogen and oxygen atoms in total. The van der Waals surface area contributed by atoms with E-state index in [0.29, 0.717) is 6.54 Å². The highest BCUT2D eigenvalue weighted by atomic mass is 16.3. The first-order valence-corrected chi connectivity index (χ1v) is 4.02. The van der Waals surface area contributed by atoms with Crippen LogP contribution in [0.1, 0.15) is 18.3 Å². The third-order valence-corrected chi connectivity index (χ3v) is 2.17. The molecule has 0 amide bonds. The Labute approximate surface area is 70.4 Å². The number of hydrogen-bond donors (Lipinski definition) is 2. The van der Waals surface area contributed by atoms with E-state index in [1.807, 2.05) is 11.6 Å². The predicted octanol–water partition coefficient (Wildman–Crippen LogP) is -0.790. The molecule has 12 heavy (non-hydrogen) atoms. The molecule has 2 N–H and O–H groups in total. The van der Waals surface area contributed by atoms with E-state index in [4.69, 9.17) is 0 Å². The van der Waals surface area contributed by atoms with Crippen molar-refractivity contribution in [2.24, 2.45) is 7.05 Å². The summed E-state index contributed by atoms with van der Waals surface area (Å²) in [5.41, 5.74) is 0. The van der Waals surface area contributed by atoms with Crippen LogP contribution in [-0.4, -0.2) is 32.5 Å². The lowest BCUT2D eigenvalue weighted by molar-refractivity contribution is 0.193. The highest BCUT2D eigenvalue weighted by Gasteiger charge is 2.26. The molecule has 2 atom stereocenters. The molecule has 0 bridgehead atoms. The van der Waals surface area contributed by atoms with Gasteiger partial charge in [-0.05, 0) is 6.42 Å². The fourth-order valence-electron chi connectivity index (χ4n) is 1.52. The van der Waals surface area contributed by atoms with Crippen molar-refractivity contribution in [2.45, 2.75) is 18.6 Å². The number of nitrogens with zero attached hydrogens (tertiary/aromatic N) is 3. The Morgan fingerprint density at radius 2 is 2.58 bits per heavy atom. The average molecular weight is 168 g/mol. The SMILES string of the molecule is Cn1cnnc1C1CC(O)CN1. The lowest BCUT2D eigenvalue weighted by Gasteiger charge is -2.07. The van der Waals surface area contributed by atoms with E-state index in [1.54, 1.807) is 6.33 Å². The van der Waals surface area contributed by atoms with E-state index in [0.717, 1.165) is 12.2 Å². The maximum Gasteiger partial charge on any atom is 0.149 e. The zero-order valence-electron chi connectivity index (χ0n) is 6.94. The zero-order valence-corrected chi connectivity index (χ0v) is 6.94. The number of hydrogen-bond acceptors (Lipinski definition) is 4. The molecule has 2 rings (SSSR count). The predicted molar refractivity (Wildman–Crippen MR) is 42.4 cm³/mol. The molecule has 1 saturated heterocycles. The Hall–Kier alpha value is -0.940. The second-order valence-electron chi connectivity index (χ2n) is 3.15. The Morgan fingerprint density at radius 1 is 1.75 bits per heavy atom. The van der Waals surface area contributed by atoms with Crippen molar-refractivity contribution >= 4 is 0 Å². The van der Waals surface area contributed by atoms with Crippen LogP contribution < -0.4 is 5.32 Å². The first-order chi connectivity index (χ1) is 5.77. The van der Waals surface area contributed by atoms with Crippen LogP contribution in [0.15, 0.2) is 6.33 Å². The fourth-order valence-corrected chi connectivity index (χ4v) is 1.52. The number of aryl methyl sites for hydroxylation is 1. The van der Waals surface area contributed by atoms with Crippen molar-refractivity contribution in [1.29, 1.82) is 0 Å². The first-order valence-electron chi connectivity index (χ1n) is 4.02. The van der Waals surface area contributed by atoms with Crippen molar-refractivity contribution in [3.05, 3.63) is 12.2 Å². The summed E-state index contributed by atoms with van der Waals surface area (Å²) >= 11 is 0. The zero-order chi connectivity index (χ0) is 8.55. The number of nitrogens with one attached hydrogen (secondary N) is 1. The van der Waals surface area contributed by atoms with Gasteiger partial charge in [0.2, 0.25) is 0 Å². The van der Waals surface area contributed by atoms with Gasteiger partial charge in [-0.1, -0.05) is 0 Å². The molecule has 1 fully saturated rings. The maximum absolute atomic E-state index is 9.27. The summed E-state index contributed by atoms with van der Waals surface area (Å²) in [6.45, 7) is 0.650. The Kier molecular flexibility index (Phi) is 1.82. The van der Waals surface area contributed by atoms with E-state index >= 15 is 0 Å². The van der Waals surface area contributed by atoms with Gasteiger partial charge < -0.3 is 15.0 Å². The van der Waals surface area contributed by atoms with E-state index in [1.165, 1.54) is 0 Å². The molecule has 0 spiro atoms. The van der Waals surface area contributed by atoms with E-state index in [9.17, 15) is 5.11 Å². The molecule has 0 radical (unpaired) electrons. The molecule has 0 aromatic carbocycles. The third kappa shape index (κ3) is 1.21. The molecule has 1 aromatic heterocycles. The Balaban J connectivity index is 2.16. The van der Waals surface area contributed by atoms with Crippen LogP contribution in [0.4, 0.5) is 0 Å². The molecule has 2 heterocycles. The van der Waals surface area contributed by atoms with E-state index < -0.39 is 0 Å². The minimum atomic E-state index is -0.244. The average Bonchev–Trinajstić information content (AvgIpc) is 2.58. The molecule has 2 unspecified atom stereocenters. The van der Waals surface area contributed by atoms with Gasteiger partial charge >= 0.3 is 0 Å². The van der Waals surface area contributed by atoms with Crippen LogP contribution in [0.5, 0.6) is 0 Å². The van der Waals surface area contributed by atoms with Gasteiger partial charge in [-0.25, -0.2) is 0 Å². The minimum absolute atomic E-state index is 0.160. The van der Waals surface area contributed by atoms with Crippen LogP contribution in [-0.2, 0) is 7.05 Å². The van der Waals surface area contributed by atoms with Gasteiger partial charge in [0.05, 0.1) is 12.1 Å². The van der Waals surface area contributed by atoms with Crippen LogP contribution in [0.3, 0.4) is 0 Å². The highest BCUT2D eigenvalue weighted by molar-refractivity contribution is 4.98. The summed E-state index contributed by atoms with van der Waals surface area (Å²) in [7, 11) is 1.90. The van der Waals surface area contributed by atoms with Gasteiger partial charge in [0, 0.05) is 13.6 Å². The van der Waals surface area contributed by atoms with Gasteiger partial charge in [0.1, 0.15) is 12.2 Å². The fraction of sp³-hybridized carbons (Fsp3) is 0.714. The molecule has 1 aromatic rings. The summed E-state index contributed by atoms with van der Waals surface area (Å²) in [5, 5.41) is 20.2. The van der Waals surface area contributed by atoms with Gasteiger partial charge in [0.25, 0.3) is 0 Å². The largest absolute Gasteiger partial charge is 0.392 e. The summed E-state index contributed by atoms with van der Waals surface area (Å²) in [6, 6.07) is 0.160. The van der Waals surface area contributed by atoms with Crippen LogP contribution in [0.2, 0.25) is 0 Å². The standard InChI is InChI=1S/C7H12N4O/c1-11-4-9-10-7(11)6-2-5(12)3-8-6/h4-6,8,12H,2-3H2,1H3. The molecular weight excluding hydrogens is 156 g/mol. The van der Waals surface area contributed by atoms with Crippen LogP contribution in [0.25, 0.3) is 0 Å². The second kappa shape index (κ2) is 2.84. The smallest absolute Gasteiger partial charge is 0.149 e. The van der Waals surface area contributed by atoms with Gasteiger partial charge in [-0.2, -0.15) is 0 Å². The molecule has 0 saturated carbocycles. The quantitative estimate of drug-likeness (QED) is 0.577. The molecule has 66 valence electrons.